The number of carbonyl (C=O) groups excluding carboxylic acids is 9. The van der Waals surface area contributed by atoms with Gasteiger partial charge in [0.25, 0.3) is 0 Å². The van der Waals surface area contributed by atoms with Crippen LogP contribution < -0.4 is 0 Å². The van der Waals surface area contributed by atoms with E-state index in [9.17, 15) is 43.5 Å². The zero-order valence-electron chi connectivity index (χ0n) is 37.6. The van der Waals surface area contributed by atoms with Gasteiger partial charge in [0.15, 0.2) is 30.0 Å². The van der Waals surface area contributed by atoms with Gasteiger partial charge in [-0.25, -0.2) is 14.4 Å². The van der Waals surface area contributed by atoms with Gasteiger partial charge in [-0.2, -0.15) is 0 Å². The Kier molecular flexibility index (Phi) is 13.4. The molecule has 6 rings (SSSR count). The number of fused-ring (bicyclic) bond motifs is 5. The number of aliphatic hydroxyl groups is 1. The van der Waals surface area contributed by atoms with Gasteiger partial charge in [-0.05, 0) is 51.5 Å². The lowest BCUT2D eigenvalue weighted by Crippen LogP contribution is -2.89. The summed E-state index contributed by atoms with van der Waals surface area (Å²) >= 11 is 0. The molecule has 2 aliphatic heterocycles. The normalized spacial score (nSPS) is 34.6. The predicted octanol–water partition coefficient (Wildman–Crippen LogP) is 1.84. The quantitative estimate of drug-likeness (QED) is 0.277. The number of nitrogens with zero attached hydrogens (tertiary/aromatic N) is 1. The van der Waals surface area contributed by atoms with Crippen molar-refractivity contribution in [1.29, 1.82) is 0 Å². The summed E-state index contributed by atoms with van der Waals surface area (Å²) in [6.07, 6.45) is -12.1. The molecule has 4 aliphatic rings. The monoisotopic (exact) mass is 925 g/mol. The Morgan fingerprint density at radius 1 is 0.727 bits per heavy atom. The molecule has 66 heavy (non-hydrogen) atoms. The molecule has 21 heteroatoms. The fraction of sp³-hybridized carbons (Fsp3) is 0.556. The first-order valence-corrected chi connectivity index (χ1v) is 20.9. The number of hydrogen-bond donors (Lipinski definition) is 1. The van der Waals surface area contributed by atoms with Crippen LogP contribution in [0.5, 0.6) is 0 Å². The molecule has 1 aromatic heterocycles. The van der Waals surface area contributed by atoms with Gasteiger partial charge >= 0.3 is 53.7 Å². The Morgan fingerprint density at radius 3 is 1.86 bits per heavy atom. The van der Waals surface area contributed by atoms with Crippen LogP contribution in [0.1, 0.15) is 95.1 Å². The second-order valence-electron chi connectivity index (χ2n) is 17.3. The van der Waals surface area contributed by atoms with E-state index < -0.39 is 144 Å². The smallest absolute Gasteiger partial charge is 0.350 e. The van der Waals surface area contributed by atoms with Crippen molar-refractivity contribution >= 4 is 53.7 Å². The minimum atomic E-state index is -3.01. The molecule has 1 N–H and O–H groups in total. The minimum Gasteiger partial charge on any atom is -0.465 e. The number of ether oxygens (including phenoxy) is 10. The van der Waals surface area contributed by atoms with E-state index in [0.29, 0.717) is 0 Å². The number of aryl methyl sites for hydroxylation is 1. The van der Waals surface area contributed by atoms with Crippen LogP contribution in [0.25, 0.3) is 0 Å². The molecule has 12 atom stereocenters. The maximum absolute atomic E-state index is 15.1. The van der Waals surface area contributed by atoms with E-state index in [4.69, 9.17) is 47.4 Å². The van der Waals surface area contributed by atoms with Gasteiger partial charge in [-0.15, -0.1) is 0 Å². The van der Waals surface area contributed by atoms with Gasteiger partial charge in [0, 0.05) is 54.2 Å². The molecule has 4 bridgehead atoms. The second-order valence-corrected chi connectivity index (χ2v) is 17.3. The maximum Gasteiger partial charge on any atom is 0.350 e. The number of aromatic nitrogens is 1. The largest absolute Gasteiger partial charge is 0.465 e. The van der Waals surface area contributed by atoms with E-state index in [0.717, 1.165) is 48.5 Å². The Balaban J connectivity index is 1.76. The summed E-state index contributed by atoms with van der Waals surface area (Å²) in [6, 6.07) is 10.4. The molecule has 2 aromatic rings. The highest BCUT2D eigenvalue weighted by molar-refractivity contribution is 5.93. The van der Waals surface area contributed by atoms with Gasteiger partial charge in [0.1, 0.15) is 42.0 Å². The van der Waals surface area contributed by atoms with Crippen molar-refractivity contribution in [3.63, 3.8) is 0 Å². The number of carbonyl (C=O) groups is 9. The fourth-order valence-corrected chi connectivity index (χ4v) is 10.1. The molecule has 1 spiro atoms. The fourth-order valence-electron chi connectivity index (χ4n) is 10.1. The molecular formula is C45H51NO20. The van der Waals surface area contributed by atoms with Gasteiger partial charge in [0.05, 0.1) is 22.7 Å². The van der Waals surface area contributed by atoms with Crippen LogP contribution in [0.4, 0.5) is 0 Å². The summed E-state index contributed by atoms with van der Waals surface area (Å²) in [5, 5.41) is 13.7. The number of hydrogen-bond acceptors (Lipinski definition) is 21. The lowest BCUT2D eigenvalue weighted by atomic mass is 9.45. The maximum atomic E-state index is 15.1. The second kappa shape index (κ2) is 18.1. The van der Waals surface area contributed by atoms with Crippen molar-refractivity contribution in [3.05, 3.63) is 65.5 Å². The third-order valence-corrected chi connectivity index (χ3v) is 12.5. The zero-order chi connectivity index (χ0) is 48.7. The van der Waals surface area contributed by atoms with E-state index in [2.05, 4.69) is 4.98 Å². The lowest BCUT2D eigenvalue weighted by molar-refractivity contribution is -0.387. The Hall–Kier alpha value is -6.48. The molecule has 356 valence electrons. The molecule has 2 saturated carbocycles. The van der Waals surface area contributed by atoms with Crippen LogP contribution in [0, 0.1) is 11.3 Å². The van der Waals surface area contributed by atoms with E-state index in [1.807, 2.05) is 0 Å². The molecule has 1 aromatic carbocycles. The van der Waals surface area contributed by atoms with Crippen LogP contribution in [-0.2, 0) is 87.4 Å². The third kappa shape index (κ3) is 8.44. The number of cyclic esters (lactones) is 1. The van der Waals surface area contributed by atoms with Crippen LogP contribution in [-0.4, -0.2) is 136 Å². The molecule has 3 heterocycles. The van der Waals surface area contributed by atoms with Crippen LogP contribution in [0.2, 0.25) is 0 Å². The van der Waals surface area contributed by atoms with E-state index in [-0.39, 0.29) is 23.2 Å². The summed E-state index contributed by atoms with van der Waals surface area (Å²) in [4.78, 5) is 127. The molecule has 21 nitrogen and oxygen atoms in total. The number of esters is 9. The van der Waals surface area contributed by atoms with Gasteiger partial charge in [-0.1, -0.05) is 18.2 Å². The highest BCUT2D eigenvalue weighted by atomic mass is 16.7. The summed E-state index contributed by atoms with van der Waals surface area (Å²) < 4.78 is 60.7. The van der Waals surface area contributed by atoms with Crippen LogP contribution in [0.15, 0.2) is 48.7 Å². The third-order valence-electron chi connectivity index (χ3n) is 12.5. The Bertz CT molecular complexity index is 2310. The topological polar surface area (TPSA) is 279 Å². The van der Waals surface area contributed by atoms with Crippen molar-refractivity contribution < 1.29 is 95.6 Å². The molecule has 1 saturated heterocycles. The molecule has 2 aliphatic carbocycles. The first-order valence-electron chi connectivity index (χ1n) is 20.9. The SMILES string of the molecule is CC(=O)OC[C@]12[C@H](OC(C)=O)C(OC(C)=O)[C@@H]3C(OC(C)=O)[C@]14O[C@@]3(C)COC(=O)c1cccnc1CCC(C)(OC(=O)c1ccccc1)C(=O)O[C@@H]([C@H](OC(C)=O)[C@@H]2OC(C)=O)[C@]4(C)O. The molecule has 3 fully saturated rings. The Labute approximate surface area is 377 Å². The number of benzene rings is 1. The van der Waals surface area contributed by atoms with E-state index in [1.54, 1.807) is 18.2 Å². The summed E-state index contributed by atoms with van der Waals surface area (Å²) in [5.74, 6) is -11.6. The average Bonchev–Trinajstić information content (AvgIpc) is 3.44. The number of pyridine rings is 1. The molecular weight excluding hydrogens is 874 g/mol. The van der Waals surface area contributed by atoms with Crippen molar-refractivity contribution in [2.75, 3.05) is 13.2 Å². The predicted molar refractivity (Wildman–Crippen MR) is 216 cm³/mol. The van der Waals surface area contributed by atoms with Gasteiger partial charge < -0.3 is 52.5 Å². The minimum absolute atomic E-state index is 0.00555. The van der Waals surface area contributed by atoms with Gasteiger partial charge in [0.2, 0.25) is 5.60 Å². The molecule has 0 amide bonds. The first kappa shape index (κ1) is 49.0. The highest BCUT2D eigenvalue weighted by Crippen LogP contribution is 2.70. The van der Waals surface area contributed by atoms with Crippen molar-refractivity contribution in [1.82, 2.24) is 4.98 Å². The summed E-state index contributed by atoms with van der Waals surface area (Å²) in [5.41, 5.74) is -13.2. The van der Waals surface area contributed by atoms with E-state index in [1.165, 1.54) is 44.3 Å². The summed E-state index contributed by atoms with van der Waals surface area (Å²) in [7, 11) is 0. The summed E-state index contributed by atoms with van der Waals surface area (Å²) in [6.45, 7) is 7.32. The highest BCUT2D eigenvalue weighted by Gasteiger charge is 2.92. The molecule has 0 radical (unpaired) electrons. The van der Waals surface area contributed by atoms with E-state index >= 15 is 4.79 Å². The van der Waals surface area contributed by atoms with Crippen LogP contribution >= 0.6 is 0 Å². The van der Waals surface area contributed by atoms with Crippen LogP contribution in [0.3, 0.4) is 0 Å². The number of rotatable bonds is 9. The Morgan fingerprint density at radius 2 is 1.29 bits per heavy atom. The standard InChI is InChI=1S/C45H51NO20/c1-22(47)57-21-44-36(62-26(5)51)32(59-23(2)48)31-34(61-25(4)50)45(44)43(9,56)35(33(60-24(3)49)37(44)63-27(6)52)64-40(55)41(7,65-38(53)28-14-11-10-12-15-28)18-17-30-29(16-13-19-46-30)39(54)58-20-42(31,8)66-45/h10-16,19,31-37,56H,17-18,20-21H2,1-9H3/t31-,32?,33+,34?,35+,36-,37+,41?,42+,43+,44-,45-/m1/s1. The first-order chi connectivity index (χ1) is 30.8. The average molecular weight is 926 g/mol. The lowest BCUT2D eigenvalue weighted by Gasteiger charge is -2.67. The van der Waals surface area contributed by atoms with Gasteiger partial charge in [-0.3, -0.25) is 33.8 Å². The van der Waals surface area contributed by atoms with Crippen molar-refractivity contribution in [2.45, 2.75) is 134 Å². The zero-order valence-corrected chi connectivity index (χ0v) is 37.6. The molecule has 3 unspecified atom stereocenters. The van der Waals surface area contributed by atoms with Crippen molar-refractivity contribution in [3.8, 4) is 0 Å². The van der Waals surface area contributed by atoms with Crippen molar-refractivity contribution in [2.24, 2.45) is 11.3 Å².